The summed E-state index contributed by atoms with van der Waals surface area (Å²) < 4.78 is 6.23. The summed E-state index contributed by atoms with van der Waals surface area (Å²) in [7, 11) is 2.24. The third-order valence-electron chi connectivity index (χ3n) is 5.94. The molecule has 4 heteroatoms. The number of hydrogen-bond donors (Lipinski definition) is 1. The number of rotatable bonds is 3. The molecule has 3 heterocycles. The van der Waals surface area contributed by atoms with Crippen LogP contribution in [0.15, 0.2) is 0 Å². The molecular weight excluding hydrogens is 274 g/mol. The summed E-state index contributed by atoms with van der Waals surface area (Å²) in [5.74, 6) is 0. The highest BCUT2D eigenvalue weighted by molar-refractivity contribution is 5.01. The van der Waals surface area contributed by atoms with E-state index in [4.69, 9.17) is 4.74 Å². The van der Waals surface area contributed by atoms with E-state index in [9.17, 15) is 0 Å². The summed E-state index contributed by atoms with van der Waals surface area (Å²) in [5.41, 5.74) is -0.0438. The van der Waals surface area contributed by atoms with Gasteiger partial charge in [0.05, 0.1) is 11.2 Å². The Morgan fingerprint density at radius 3 is 2.27 bits per heavy atom. The fraction of sp³-hybridized carbons (Fsp3) is 1.00. The highest BCUT2D eigenvalue weighted by atomic mass is 16.5. The van der Waals surface area contributed by atoms with Crippen LogP contribution < -0.4 is 5.32 Å². The number of likely N-dealkylation sites (tertiary alicyclic amines) is 2. The van der Waals surface area contributed by atoms with Crippen molar-refractivity contribution in [2.45, 2.75) is 82.7 Å². The van der Waals surface area contributed by atoms with Gasteiger partial charge in [-0.2, -0.15) is 0 Å². The molecule has 0 radical (unpaired) electrons. The number of hydrogen-bond acceptors (Lipinski definition) is 4. The standard InChI is InChI=1S/C18H35N3O/c1-17(2)12-16(18(3,4)22-17)19-14-6-11-21(13-14)15-7-9-20(5)10-8-15/h14-16,19H,6-13H2,1-5H3/t14-,16+/m1/s1. The van der Waals surface area contributed by atoms with E-state index in [1.165, 1.54) is 45.4 Å². The number of nitrogens with one attached hydrogen (secondary N) is 1. The van der Waals surface area contributed by atoms with Crippen molar-refractivity contribution in [3.63, 3.8) is 0 Å². The van der Waals surface area contributed by atoms with Crippen molar-refractivity contribution >= 4 is 0 Å². The summed E-state index contributed by atoms with van der Waals surface area (Å²) in [6.45, 7) is 13.9. The zero-order valence-electron chi connectivity index (χ0n) is 15.2. The summed E-state index contributed by atoms with van der Waals surface area (Å²) in [5, 5.41) is 3.92. The molecule has 1 N–H and O–H groups in total. The van der Waals surface area contributed by atoms with Crippen LogP contribution in [-0.2, 0) is 4.74 Å². The number of nitrogens with zero attached hydrogens (tertiary/aromatic N) is 2. The minimum Gasteiger partial charge on any atom is -0.368 e. The topological polar surface area (TPSA) is 27.7 Å². The Morgan fingerprint density at radius 1 is 1.00 bits per heavy atom. The molecule has 0 aliphatic carbocycles. The van der Waals surface area contributed by atoms with Crippen molar-refractivity contribution in [2.24, 2.45) is 0 Å². The van der Waals surface area contributed by atoms with Gasteiger partial charge in [0, 0.05) is 31.2 Å². The summed E-state index contributed by atoms with van der Waals surface area (Å²) >= 11 is 0. The van der Waals surface area contributed by atoms with Crippen LogP contribution in [0.25, 0.3) is 0 Å². The van der Waals surface area contributed by atoms with Crippen LogP contribution in [0.3, 0.4) is 0 Å². The minimum atomic E-state index is -0.0511. The molecular formula is C18H35N3O. The molecule has 3 fully saturated rings. The van der Waals surface area contributed by atoms with Gasteiger partial charge in [-0.05, 0) is 73.5 Å². The highest BCUT2D eigenvalue weighted by Crippen LogP contribution is 2.37. The van der Waals surface area contributed by atoms with Crippen LogP contribution in [0.2, 0.25) is 0 Å². The Kier molecular flexibility index (Phi) is 4.59. The minimum absolute atomic E-state index is 0.00735. The molecule has 0 aromatic carbocycles. The van der Waals surface area contributed by atoms with E-state index < -0.39 is 0 Å². The van der Waals surface area contributed by atoms with Gasteiger partial charge in [-0.25, -0.2) is 0 Å². The Hall–Kier alpha value is -0.160. The molecule has 3 saturated heterocycles. The molecule has 0 bridgehead atoms. The van der Waals surface area contributed by atoms with Crippen LogP contribution >= 0.6 is 0 Å². The SMILES string of the molecule is CN1CCC(N2CC[C@@H](N[C@H]3CC(C)(C)OC3(C)C)C2)CC1. The third-order valence-corrected chi connectivity index (χ3v) is 5.94. The zero-order chi connectivity index (χ0) is 16.0. The van der Waals surface area contributed by atoms with E-state index in [2.05, 4.69) is 49.9 Å². The first-order valence-corrected chi connectivity index (χ1v) is 9.14. The predicted molar refractivity (Wildman–Crippen MR) is 91.3 cm³/mol. The van der Waals surface area contributed by atoms with Crippen molar-refractivity contribution in [2.75, 3.05) is 33.2 Å². The van der Waals surface area contributed by atoms with E-state index in [0.29, 0.717) is 12.1 Å². The second-order valence-electron chi connectivity index (χ2n) is 8.90. The van der Waals surface area contributed by atoms with Crippen molar-refractivity contribution in [3.8, 4) is 0 Å². The van der Waals surface area contributed by atoms with Crippen molar-refractivity contribution in [3.05, 3.63) is 0 Å². The summed E-state index contributed by atoms with van der Waals surface area (Å²) in [4.78, 5) is 5.20. The third kappa shape index (κ3) is 3.66. The summed E-state index contributed by atoms with van der Waals surface area (Å²) in [6.07, 6.45) is 5.09. The molecule has 0 amide bonds. The van der Waals surface area contributed by atoms with E-state index in [0.717, 1.165) is 12.5 Å². The van der Waals surface area contributed by atoms with Gasteiger partial charge < -0.3 is 15.0 Å². The van der Waals surface area contributed by atoms with E-state index in [1.54, 1.807) is 0 Å². The van der Waals surface area contributed by atoms with Gasteiger partial charge in [0.15, 0.2) is 0 Å². The van der Waals surface area contributed by atoms with Crippen LogP contribution in [-0.4, -0.2) is 72.4 Å². The molecule has 3 aliphatic rings. The van der Waals surface area contributed by atoms with E-state index in [-0.39, 0.29) is 11.2 Å². The fourth-order valence-corrected chi connectivity index (χ4v) is 4.72. The van der Waals surface area contributed by atoms with Gasteiger partial charge in [0.1, 0.15) is 0 Å². The Bertz CT molecular complexity index is 388. The molecule has 3 rings (SSSR count). The average molecular weight is 309 g/mol. The molecule has 2 atom stereocenters. The normalized spacial score (nSPS) is 37.0. The molecule has 0 spiro atoms. The van der Waals surface area contributed by atoms with Crippen molar-refractivity contribution < 1.29 is 4.74 Å². The second kappa shape index (κ2) is 6.04. The van der Waals surface area contributed by atoms with Crippen molar-refractivity contribution in [1.29, 1.82) is 0 Å². The maximum absolute atomic E-state index is 6.23. The maximum Gasteiger partial charge on any atom is 0.0787 e. The number of ether oxygens (including phenoxy) is 1. The monoisotopic (exact) mass is 309 g/mol. The fourth-order valence-electron chi connectivity index (χ4n) is 4.72. The molecule has 4 nitrogen and oxygen atoms in total. The Balaban J connectivity index is 1.51. The summed E-state index contributed by atoms with van der Waals surface area (Å²) in [6, 6.07) is 1.93. The highest BCUT2D eigenvalue weighted by Gasteiger charge is 2.46. The number of piperidine rings is 1. The molecule has 22 heavy (non-hydrogen) atoms. The van der Waals surface area contributed by atoms with Gasteiger partial charge >= 0.3 is 0 Å². The van der Waals surface area contributed by atoms with E-state index >= 15 is 0 Å². The smallest absolute Gasteiger partial charge is 0.0787 e. The van der Waals surface area contributed by atoms with Gasteiger partial charge in [0.2, 0.25) is 0 Å². The lowest BCUT2D eigenvalue weighted by molar-refractivity contribution is -0.0704. The second-order valence-corrected chi connectivity index (χ2v) is 8.90. The molecule has 0 unspecified atom stereocenters. The lowest BCUT2D eigenvalue weighted by Crippen LogP contribution is -2.49. The molecule has 0 saturated carbocycles. The first-order valence-electron chi connectivity index (χ1n) is 9.14. The van der Waals surface area contributed by atoms with Gasteiger partial charge in [-0.15, -0.1) is 0 Å². The van der Waals surface area contributed by atoms with Crippen molar-refractivity contribution in [1.82, 2.24) is 15.1 Å². The van der Waals surface area contributed by atoms with Gasteiger partial charge in [-0.1, -0.05) is 0 Å². The largest absolute Gasteiger partial charge is 0.368 e. The zero-order valence-corrected chi connectivity index (χ0v) is 15.2. The first-order chi connectivity index (χ1) is 10.3. The van der Waals surface area contributed by atoms with Gasteiger partial charge in [0.25, 0.3) is 0 Å². The van der Waals surface area contributed by atoms with E-state index in [1.807, 2.05) is 0 Å². The molecule has 128 valence electrons. The lowest BCUT2D eigenvalue weighted by atomic mass is 9.93. The first kappa shape index (κ1) is 16.7. The Labute approximate surface area is 136 Å². The lowest BCUT2D eigenvalue weighted by Gasteiger charge is -2.35. The Morgan fingerprint density at radius 2 is 1.68 bits per heavy atom. The van der Waals surface area contributed by atoms with Gasteiger partial charge in [-0.3, -0.25) is 4.90 Å². The average Bonchev–Trinajstić information content (AvgIpc) is 2.93. The van der Waals surface area contributed by atoms with Crippen LogP contribution in [0.4, 0.5) is 0 Å². The quantitative estimate of drug-likeness (QED) is 0.864. The maximum atomic E-state index is 6.23. The van der Waals surface area contributed by atoms with Crippen LogP contribution in [0.5, 0.6) is 0 Å². The molecule has 0 aromatic rings. The van der Waals surface area contributed by atoms with Crippen LogP contribution in [0.1, 0.15) is 53.4 Å². The predicted octanol–water partition coefficient (Wildman–Crippen LogP) is 2.09. The molecule has 0 aromatic heterocycles. The van der Waals surface area contributed by atoms with Crippen LogP contribution in [0, 0.1) is 0 Å². The molecule has 3 aliphatic heterocycles.